The summed E-state index contributed by atoms with van der Waals surface area (Å²) in [5.74, 6) is -2.12. The van der Waals surface area contributed by atoms with Crippen molar-refractivity contribution in [2.24, 2.45) is 0 Å². The van der Waals surface area contributed by atoms with E-state index in [2.05, 4.69) is 28.6 Å². The number of benzene rings is 1. The Morgan fingerprint density at radius 2 is 2.16 bits per heavy atom. The van der Waals surface area contributed by atoms with Gasteiger partial charge in [0.25, 0.3) is 0 Å². The zero-order valence-electron chi connectivity index (χ0n) is 9.51. The average Bonchev–Trinajstić information content (AvgIpc) is 2.27. The largest absolute Gasteiger partial charge is 0.480 e. The van der Waals surface area contributed by atoms with Gasteiger partial charge in [0.2, 0.25) is 10.0 Å². The Kier molecular flexibility index (Phi) is 5.78. The van der Waals surface area contributed by atoms with Gasteiger partial charge in [-0.15, -0.1) is 0 Å². The molecule has 0 spiro atoms. The van der Waals surface area contributed by atoms with E-state index in [0.29, 0.717) is 4.47 Å². The second-order valence-corrected chi connectivity index (χ2v) is 6.64. The molecule has 19 heavy (non-hydrogen) atoms. The van der Waals surface area contributed by atoms with Crippen LogP contribution in [0.5, 0.6) is 0 Å². The van der Waals surface area contributed by atoms with E-state index in [1.165, 1.54) is 6.07 Å². The van der Waals surface area contributed by atoms with Gasteiger partial charge in [-0.3, -0.25) is 4.79 Å². The molecule has 0 aromatic heterocycles. The highest BCUT2D eigenvalue weighted by Crippen LogP contribution is 2.19. The smallest absolute Gasteiger partial charge is 0.321 e. The number of aliphatic carboxylic acids is 1. The summed E-state index contributed by atoms with van der Waals surface area (Å²) in [6.07, 6.45) is -0.00415. The van der Waals surface area contributed by atoms with Crippen LogP contribution in [0.3, 0.4) is 0 Å². The highest BCUT2D eigenvalue weighted by atomic mass is 79.9. The van der Waals surface area contributed by atoms with Crippen LogP contribution < -0.4 is 4.72 Å². The number of carboxylic acid groups (broad SMARTS) is 1. The lowest BCUT2D eigenvalue weighted by Gasteiger charge is -2.14. The molecule has 1 aromatic carbocycles. The molecule has 1 rings (SSSR count). The van der Waals surface area contributed by atoms with Crippen molar-refractivity contribution < 1.29 is 22.7 Å². The maximum Gasteiger partial charge on any atom is 0.321 e. The molecule has 0 saturated heterocycles. The van der Waals surface area contributed by atoms with Gasteiger partial charge in [-0.25, -0.2) is 12.8 Å². The molecule has 0 aliphatic rings. The monoisotopic (exact) mass is 371 g/mol. The minimum absolute atomic E-state index is 0.00415. The molecule has 0 aliphatic carbocycles. The van der Waals surface area contributed by atoms with Crippen LogP contribution in [0.1, 0.15) is 6.42 Å². The zero-order chi connectivity index (χ0) is 14.6. The molecule has 9 heteroatoms. The maximum absolute atomic E-state index is 13.6. The molecule has 1 atom stereocenters. The molecule has 0 fully saturated rings. The van der Waals surface area contributed by atoms with Crippen molar-refractivity contribution in [2.45, 2.75) is 17.4 Å². The second-order valence-electron chi connectivity index (χ2n) is 3.60. The van der Waals surface area contributed by atoms with E-state index in [0.717, 1.165) is 12.1 Å². The third-order valence-electron chi connectivity index (χ3n) is 2.20. The number of hydrogen-bond acceptors (Lipinski definition) is 4. The van der Waals surface area contributed by atoms with Crippen molar-refractivity contribution in [3.05, 3.63) is 28.5 Å². The SMILES string of the molecule is O=C(O)C(CCS)NS(=O)(=O)c1ccc(Br)cc1F. The van der Waals surface area contributed by atoms with E-state index < -0.39 is 32.7 Å². The lowest BCUT2D eigenvalue weighted by atomic mass is 10.2. The normalized spacial score (nSPS) is 13.2. The molecule has 0 amide bonds. The number of rotatable bonds is 6. The topological polar surface area (TPSA) is 83.5 Å². The number of sulfonamides is 1. The molecule has 0 heterocycles. The fourth-order valence-electron chi connectivity index (χ4n) is 1.31. The summed E-state index contributed by atoms with van der Waals surface area (Å²) in [6, 6.07) is 2.06. The molecular weight excluding hydrogens is 361 g/mol. The van der Waals surface area contributed by atoms with Gasteiger partial charge in [0.05, 0.1) is 0 Å². The Balaban J connectivity index is 3.06. The van der Waals surface area contributed by atoms with Crippen molar-refractivity contribution in [3.63, 3.8) is 0 Å². The maximum atomic E-state index is 13.6. The fourth-order valence-corrected chi connectivity index (χ4v) is 3.18. The first-order valence-corrected chi connectivity index (χ1v) is 8.00. The van der Waals surface area contributed by atoms with Crippen molar-refractivity contribution in [3.8, 4) is 0 Å². The van der Waals surface area contributed by atoms with Crippen LogP contribution >= 0.6 is 28.6 Å². The summed E-state index contributed by atoms with van der Waals surface area (Å²) in [4.78, 5) is 10.3. The Bertz CT molecular complexity index is 579. The lowest BCUT2D eigenvalue weighted by Crippen LogP contribution is -2.41. The predicted octanol–water partition coefficient (Wildman–Crippen LogP) is 1.64. The van der Waals surface area contributed by atoms with E-state index in [4.69, 9.17) is 5.11 Å². The molecule has 2 N–H and O–H groups in total. The Morgan fingerprint density at radius 1 is 1.53 bits per heavy atom. The van der Waals surface area contributed by atoms with Crippen molar-refractivity contribution in [1.82, 2.24) is 4.72 Å². The minimum atomic E-state index is -4.23. The van der Waals surface area contributed by atoms with Crippen molar-refractivity contribution in [1.29, 1.82) is 0 Å². The van der Waals surface area contributed by atoms with Gasteiger partial charge < -0.3 is 5.11 Å². The Morgan fingerprint density at radius 3 is 2.63 bits per heavy atom. The molecule has 0 aliphatic heterocycles. The summed E-state index contributed by atoms with van der Waals surface area (Å²) < 4.78 is 39.7. The number of thiol groups is 1. The van der Waals surface area contributed by atoms with Gasteiger partial charge in [0, 0.05) is 4.47 Å². The fraction of sp³-hybridized carbons (Fsp3) is 0.300. The van der Waals surface area contributed by atoms with Crippen LogP contribution in [0.2, 0.25) is 0 Å². The molecule has 0 bridgehead atoms. The third-order valence-corrected chi connectivity index (χ3v) is 4.45. The molecule has 0 saturated carbocycles. The van der Waals surface area contributed by atoms with Gasteiger partial charge in [0.1, 0.15) is 16.8 Å². The summed E-state index contributed by atoms with van der Waals surface area (Å²) >= 11 is 6.85. The van der Waals surface area contributed by atoms with Crippen LogP contribution in [-0.2, 0) is 14.8 Å². The summed E-state index contributed by atoms with van der Waals surface area (Å²) in [5, 5.41) is 8.87. The summed E-state index contributed by atoms with van der Waals surface area (Å²) in [6.45, 7) is 0. The van der Waals surface area contributed by atoms with Crippen LogP contribution in [-0.4, -0.2) is 31.3 Å². The number of hydrogen-bond donors (Lipinski definition) is 3. The van der Waals surface area contributed by atoms with Gasteiger partial charge in [-0.1, -0.05) is 15.9 Å². The van der Waals surface area contributed by atoms with Crippen LogP contribution in [0.15, 0.2) is 27.6 Å². The first-order chi connectivity index (χ1) is 8.77. The average molecular weight is 372 g/mol. The highest BCUT2D eigenvalue weighted by Gasteiger charge is 2.26. The van der Waals surface area contributed by atoms with Gasteiger partial charge in [-0.05, 0) is 30.4 Å². The predicted molar refractivity (Wildman–Crippen MR) is 74.3 cm³/mol. The molecule has 1 unspecified atom stereocenters. The first-order valence-electron chi connectivity index (χ1n) is 5.09. The molecule has 5 nitrogen and oxygen atoms in total. The highest BCUT2D eigenvalue weighted by molar-refractivity contribution is 9.10. The number of nitrogens with one attached hydrogen (secondary N) is 1. The van der Waals surface area contributed by atoms with Gasteiger partial charge in [-0.2, -0.15) is 17.4 Å². The second kappa shape index (κ2) is 6.69. The summed E-state index contributed by atoms with van der Waals surface area (Å²) in [7, 11) is -4.23. The Labute approximate surface area is 123 Å². The molecule has 0 radical (unpaired) electrons. The molecular formula is C10H11BrFNO4S2. The molecule has 106 valence electrons. The van der Waals surface area contributed by atoms with Crippen molar-refractivity contribution in [2.75, 3.05) is 5.75 Å². The van der Waals surface area contributed by atoms with E-state index in [-0.39, 0.29) is 12.2 Å². The van der Waals surface area contributed by atoms with Crippen LogP contribution in [0, 0.1) is 5.82 Å². The minimum Gasteiger partial charge on any atom is -0.480 e. The lowest BCUT2D eigenvalue weighted by molar-refractivity contribution is -0.139. The van der Waals surface area contributed by atoms with Gasteiger partial charge in [0.15, 0.2) is 0 Å². The number of halogens is 2. The first kappa shape index (κ1) is 16.4. The summed E-state index contributed by atoms with van der Waals surface area (Å²) in [5.41, 5.74) is 0. The number of carbonyl (C=O) groups is 1. The number of carboxylic acids is 1. The van der Waals surface area contributed by atoms with E-state index in [1.807, 2.05) is 4.72 Å². The van der Waals surface area contributed by atoms with Gasteiger partial charge >= 0.3 is 5.97 Å². The van der Waals surface area contributed by atoms with E-state index in [1.54, 1.807) is 0 Å². The standard InChI is InChI=1S/C10H11BrFNO4S2/c11-6-1-2-9(7(12)5-6)19(16,17)13-8(3-4-18)10(14)15/h1-2,5,8,13,18H,3-4H2,(H,14,15). The van der Waals surface area contributed by atoms with E-state index >= 15 is 0 Å². The third kappa shape index (κ3) is 4.44. The van der Waals surface area contributed by atoms with Crippen LogP contribution in [0.25, 0.3) is 0 Å². The van der Waals surface area contributed by atoms with E-state index in [9.17, 15) is 17.6 Å². The van der Waals surface area contributed by atoms with Crippen LogP contribution in [0.4, 0.5) is 4.39 Å². The van der Waals surface area contributed by atoms with Crippen molar-refractivity contribution >= 4 is 44.6 Å². The quantitative estimate of drug-likeness (QED) is 0.663. The molecule has 1 aromatic rings. The Hall–Kier alpha value is -0.640. The zero-order valence-corrected chi connectivity index (χ0v) is 12.8.